The van der Waals surface area contributed by atoms with E-state index in [-0.39, 0.29) is 10.5 Å². The maximum absolute atomic E-state index is 12.6. The molecule has 0 aliphatic heterocycles. The van der Waals surface area contributed by atoms with Crippen LogP contribution in [0.5, 0.6) is 17.4 Å². The lowest BCUT2D eigenvalue weighted by Gasteiger charge is -2.12. The number of anilines is 1. The molecule has 0 saturated carbocycles. The Balaban J connectivity index is 1.75. The molecule has 0 bridgehead atoms. The topological polar surface area (TPSA) is 85.5 Å². The van der Waals surface area contributed by atoms with Crippen molar-refractivity contribution in [3.05, 3.63) is 74.8 Å². The molecule has 1 heterocycles. The Hall–Kier alpha value is -3.60. The summed E-state index contributed by atoms with van der Waals surface area (Å²) in [6.45, 7) is 0. The number of halogens is 3. The van der Waals surface area contributed by atoms with Gasteiger partial charge in [-0.2, -0.15) is 13.2 Å². The van der Waals surface area contributed by atoms with Crippen LogP contribution in [0.25, 0.3) is 0 Å². The van der Waals surface area contributed by atoms with Gasteiger partial charge in [0.05, 0.1) is 5.56 Å². The number of hydrogen-bond donors (Lipinski definition) is 2. The van der Waals surface area contributed by atoms with E-state index in [0.29, 0.717) is 11.4 Å². The second kappa shape index (κ2) is 8.26. The van der Waals surface area contributed by atoms with Crippen LogP contribution in [0, 0.1) is 4.77 Å². The lowest BCUT2D eigenvalue weighted by molar-refractivity contribution is -0.137. The number of alkyl halides is 3. The maximum Gasteiger partial charge on any atom is 0.416 e. The first-order valence-electron chi connectivity index (χ1n) is 8.74. The number of carbonyl (C=O) groups is 1. The van der Waals surface area contributed by atoms with E-state index in [1.54, 1.807) is 0 Å². The van der Waals surface area contributed by atoms with Crippen LogP contribution in [-0.2, 0) is 20.3 Å². The quantitative estimate of drug-likeness (QED) is 0.580. The fraction of sp³-hybridized carbons (Fsp3) is 0.150. The number of rotatable bonds is 4. The first kappa shape index (κ1) is 22.1. The zero-order chi connectivity index (χ0) is 22.9. The summed E-state index contributed by atoms with van der Waals surface area (Å²) in [6.07, 6.45) is -4.43. The van der Waals surface area contributed by atoms with E-state index in [1.165, 1.54) is 50.5 Å². The number of ether oxygens (including phenoxy) is 1. The van der Waals surface area contributed by atoms with Crippen molar-refractivity contribution in [1.29, 1.82) is 0 Å². The molecular weight excluding hydrogens is 435 g/mol. The SMILES string of the molecule is Cn1c(O)c(C(=O)Nc2ccc(Oc3ccc(C(F)(F)F)cc3)cc2)c(=O)n(C)c1=S. The van der Waals surface area contributed by atoms with Crippen molar-refractivity contribution in [2.45, 2.75) is 6.18 Å². The summed E-state index contributed by atoms with van der Waals surface area (Å²) in [4.78, 5) is 24.8. The van der Waals surface area contributed by atoms with Crippen LogP contribution in [0.4, 0.5) is 18.9 Å². The molecule has 0 saturated heterocycles. The fourth-order valence-corrected chi connectivity index (χ4v) is 2.85. The molecule has 0 radical (unpaired) electrons. The van der Waals surface area contributed by atoms with Gasteiger partial charge >= 0.3 is 6.18 Å². The highest BCUT2D eigenvalue weighted by atomic mass is 32.1. The van der Waals surface area contributed by atoms with Crippen molar-refractivity contribution in [2.75, 3.05) is 5.32 Å². The molecule has 0 atom stereocenters. The van der Waals surface area contributed by atoms with E-state index in [4.69, 9.17) is 17.0 Å². The Morgan fingerprint density at radius 3 is 2.03 bits per heavy atom. The van der Waals surface area contributed by atoms with Gasteiger partial charge in [0.15, 0.2) is 10.3 Å². The molecule has 0 aliphatic carbocycles. The van der Waals surface area contributed by atoms with E-state index in [9.17, 15) is 27.9 Å². The molecule has 0 unspecified atom stereocenters. The molecule has 162 valence electrons. The minimum absolute atomic E-state index is 0.0452. The van der Waals surface area contributed by atoms with Crippen molar-refractivity contribution in [1.82, 2.24) is 9.13 Å². The van der Waals surface area contributed by atoms with Crippen LogP contribution in [0.2, 0.25) is 0 Å². The molecule has 1 amide bonds. The van der Waals surface area contributed by atoms with E-state index in [2.05, 4.69) is 5.32 Å². The lowest BCUT2D eigenvalue weighted by atomic mass is 10.2. The normalized spacial score (nSPS) is 11.3. The van der Waals surface area contributed by atoms with Gasteiger partial charge in [-0.15, -0.1) is 0 Å². The summed E-state index contributed by atoms with van der Waals surface area (Å²) in [5, 5.41) is 12.6. The molecule has 2 N–H and O–H groups in total. The number of hydrogen-bond acceptors (Lipinski definition) is 5. The van der Waals surface area contributed by atoms with Gasteiger partial charge in [0, 0.05) is 19.8 Å². The van der Waals surface area contributed by atoms with Crippen LogP contribution < -0.4 is 15.6 Å². The number of amides is 1. The molecule has 11 heteroatoms. The van der Waals surface area contributed by atoms with E-state index in [0.717, 1.165) is 21.3 Å². The van der Waals surface area contributed by atoms with Crippen LogP contribution in [0.15, 0.2) is 53.3 Å². The maximum atomic E-state index is 12.6. The third-order valence-electron chi connectivity index (χ3n) is 4.39. The smallest absolute Gasteiger partial charge is 0.416 e. The Bertz CT molecular complexity index is 1250. The standard InChI is InChI=1S/C20H16F3N3O4S/c1-25-17(28)15(18(29)26(2)19(25)31)16(27)24-12-5-9-14(10-6-12)30-13-7-3-11(4-8-13)20(21,22)23/h3-10,28H,1-2H3,(H,24,27). The molecule has 1 aromatic heterocycles. The summed E-state index contributed by atoms with van der Waals surface area (Å²) in [6, 6.07) is 10.1. The van der Waals surface area contributed by atoms with Gasteiger partial charge in [-0.1, -0.05) is 0 Å². The van der Waals surface area contributed by atoms with E-state index >= 15 is 0 Å². The second-order valence-corrected chi connectivity index (χ2v) is 6.87. The van der Waals surface area contributed by atoms with Gasteiger partial charge in [0.25, 0.3) is 11.5 Å². The average Bonchev–Trinajstić information content (AvgIpc) is 2.72. The largest absolute Gasteiger partial charge is 0.494 e. The predicted octanol–water partition coefficient (Wildman–Crippen LogP) is 4.22. The molecule has 0 spiro atoms. The third kappa shape index (κ3) is 4.61. The fourth-order valence-electron chi connectivity index (χ4n) is 2.68. The Kier molecular flexibility index (Phi) is 5.89. The Morgan fingerprint density at radius 1 is 1.00 bits per heavy atom. The zero-order valence-electron chi connectivity index (χ0n) is 16.2. The second-order valence-electron chi connectivity index (χ2n) is 6.51. The van der Waals surface area contributed by atoms with Gasteiger partial charge in [-0.3, -0.25) is 18.7 Å². The number of aromatic hydroxyl groups is 1. The summed E-state index contributed by atoms with van der Waals surface area (Å²) >= 11 is 5.00. The number of benzene rings is 2. The van der Waals surface area contributed by atoms with Crippen LogP contribution in [0.3, 0.4) is 0 Å². The van der Waals surface area contributed by atoms with Crippen LogP contribution >= 0.6 is 12.2 Å². The van der Waals surface area contributed by atoms with E-state index in [1.807, 2.05) is 0 Å². The average molecular weight is 451 g/mol. The summed E-state index contributed by atoms with van der Waals surface area (Å²) in [5.74, 6) is -0.874. The minimum atomic E-state index is -4.43. The van der Waals surface area contributed by atoms with Crippen molar-refractivity contribution in [2.24, 2.45) is 14.1 Å². The molecule has 3 aromatic rings. The predicted molar refractivity (Wildman–Crippen MR) is 109 cm³/mol. The molecular formula is C20H16F3N3O4S. The molecule has 31 heavy (non-hydrogen) atoms. The Labute approximate surface area is 179 Å². The minimum Gasteiger partial charge on any atom is -0.494 e. The third-order valence-corrected chi connectivity index (χ3v) is 4.94. The molecule has 3 rings (SSSR count). The number of aromatic nitrogens is 2. The van der Waals surface area contributed by atoms with Gasteiger partial charge in [0.2, 0.25) is 5.88 Å². The monoisotopic (exact) mass is 451 g/mol. The van der Waals surface area contributed by atoms with Crippen molar-refractivity contribution in [3.63, 3.8) is 0 Å². The first-order chi connectivity index (χ1) is 14.5. The number of nitrogens with one attached hydrogen (secondary N) is 1. The van der Waals surface area contributed by atoms with Gasteiger partial charge < -0.3 is 15.2 Å². The lowest BCUT2D eigenvalue weighted by Crippen LogP contribution is -2.30. The number of carbonyl (C=O) groups excluding carboxylic acids is 1. The number of nitrogens with zero attached hydrogens (tertiary/aromatic N) is 2. The van der Waals surface area contributed by atoms with Gasteiger partial charge in [-0.05, 0) is 60.7 Å². The van der Waals surface area contributed by atoms with Crippen LogP contribution in [0.1, 0.15) is 15.9 Å². The molecule has 0 fully saturated rings. The highest BCUT2D eigenvalue weighted by Crippen LogP contribution is 2.31. The van der Waals surface area contributed by atoms with Crippen molar-refractivity contribution >= 4 is 23.8 Å². The summed E-state index contributed by atoms with van der Waals surface area (Å²) in [5.41, 5.74) is -1.70. The molecule has 2 aromatic carbocycles. The summed E-state index contributed by atoms with van der Waals surface area (Å²) in [7, 11) is 2.80. The zero-order valence-corrected chi connectivity index (χ0v) is 17.0. The highest BCUT2D eigenvalue weighted by molar-refractivity contribution is 7.71. The van der Waals surface area contributed by atoms with Gasteiger partial charge in [-0.25, -0.2) is 0 Å². The first-order valence-corrected chi connectivity index (χ1v) is 9.15. The van der Waals surface area contributed by atoms with Crippen molar-refractivity contribution < 1.29 is 27.8 Å². The van der Waals surface area contributed by atoms with Gasteiger partial charge in [0.1, 0.15) is 11.5 Å². The summed E-state index contributed by atoms with van der Waals surface area (Å²) < 4.78 is 45.6. The van der Waals surface area contributed by atoms with Crippen LogP contribution in [-0.4, -0.2) is 20.1 Å². The van der Waals surface area contributed by atoms with E-state index < -0.39 is 34.6 Å². The highest BCUT2D eigenvalue weighted by Gasteiger charge is 2.30. The van der Waals surface area contributed by atoms with Crippen molar-refractivity contribution in [3.8, 4) is 17.4 Å². The Morgan fingerprint density at radius 2 is 1.52 bits per heavy atom. The molecule has 0 aliphatic rings. The molecule has 7 nitrogen and oxygen atoms in total.